The summed E-state index contributed by atoms with van der Waals surface area (Å²) in [6.07, 6.45) is 1.36. The number of para-hydroxylation sites is 2. The van der Waals surface area contributed by atoms with Crippen LogP contribution < -0.4 is 10.6 Å². The average Bonchev–Trinajstić information content (AvgIpc) is 2.85. The van der Waals surface area contributed by atoms with Gasteiger partial charge in [-0.2, -0.15) is 0 Å². The van der Waals surface area contributed by atoms with Crippen LogP contribution in [0.15, 0.2) is 109 Å². The predicted molar refractivity (Wildman–Crippen MR) is 139 cm³/mol. The highest BCUT2D eigenvalue weighted by molar-refractivity contribution is 7.86. The molecule has 0 fully saturated rings. The van der Waals surface area contributed by atoms with Gasteiger partial charge in [-0.25, -0.2) is 0 Å². The maximum atomic E-state index is 13.2. The monoisotopic (exact) mass is 468 g/mol. The van der Waals surface area contributed by atoms with Crippen molar-refractivity contribution in [2.75, 3.05) is 16.9 Å². The molecular formula is C28H24N2O3S. The fraction of sp³-hybridized carbons (Fsp3) is 0.0714. The van der Waals surface area contributed by atoms with E-state index in [1.54, 1.807) is 24.3 Å². The number of hydrogen-bond donors (Lipinski definition) is 2. The lowest BCUT2D eigenvalue weighted by Crippen LogP contribution is -2.41. The molecule has 4 aromatic rings. The summed E-state index contributed by atoms with van der Waals surface area (Å²) in [4.78, 5) is 26.3. The number of carbonyl (C=O) groups excluding carboxylic acids is 2. The van der Waals surface area contributed by atoms with E-state index >= 15 is 0 Å². The van der Waals surface area contributed by atoms with Crippen molar-refractivity contribution in [3.63, 3.8) is 0 Å². The largest absolute Gasteiger partial charge is 0.324 e. The number of benzene rings is 4. The van der Waals surface area contributed by atoms with Crippen LogP contribution in [0.2, 0.25) is 0 Å². The highest BCUT2D eigenvalue weighted by atomic mass is 32.2. The summed E-state index contributed by atoms with van der Waals surface area (Å²) in [6, 6.07) is 33.9. The number of amides is 2. The smallest absolute Gasteiger partial charge is 0.249 e. The van der Waals surface area contributed by atoms with Crippen LogP contribution in [0, 0.1) is 0 Å². The van der Waals surface area contributed by atoms with Crippen molar-refractivity contribution in [3.8, 4) is 22.3 Å². The zero-order valence-electron chi connectivity index (χ0n) is 18.6. The zero-order valence-corrected chi connectivity index (χ0v) is 19.4. The van der Waals surface area contributed by atoms with Gasteiger partial charge < -0.3 is 10.6 Å². The van der Waals surface area contributed by atoms with E-state index in [0.717, 1.165) is 22.3 Å². The second kappa shape index (κ2) is 10.7. The summed E-state index contributed by atoms with van der Waals surface area (Å²) < 4.78 is 12.5. The molecule has 4 aromatic carbocycles. The van der Waals surface area contributed by atoms with Gasteiger partial charge in [0.2, 0.25) is 11.8 Å². The summed E-state index contributed by atoms with van der Waals surface area (Å²) in [7, 11) is -1.74. The second-order valence-corrected chi connectivity index (χ2v) is 9.15. The number of nitrogens with one attached hydrogen (secondary N) is 2. The van der Waals surface area contributed by atoms with Crippen LogP contribution in [0.1, 0.15) is 0 Å². The molecule has 0 aliphatic heterocycles. The molecule has 0 heterocycles. The van der Waals surface area contributed by atoms with E-state index in [2.05, 4.69) is 10.6 Å². The van der Waals surface area contributed by atoms with E-state index in [1.807, 2.05) is 84.9 Å². The molecule has 170 valence electrons. The maximum absolute atomic E-state index is 13.2. The van der Waals surface area contributed by atoms with Crippen LogP contribution in [0.5, 0.6) is 0 Å². The lowest BCUT2D eigenvalue weighted by atomic mass is 10.0. The van der Waals surface area contributed by atoms with Crippen LogP contribution >= 0.6 is 0 Å². The Labute approximate surface area is 201 Å². The first-order chi connectivity index (χ1) is 16.5. The van der Waals surface area contributed by atoms with E-state index in [1.165, 1.54) is 6.26 Å². The van der Waals surface area contributed by atoms with Crippen molar-refractivity contribution in [1.82, 2.24) is 0 Å². The molecule has 5 nitrogen and oxygen atoms in total. The van der Waals surface area contributed by atoms with Gasteiger partial charge >= 0.3 is 0 Å². The third-order valence-corrected chi connectivity index (χ3v) is 6.44. The summed E-state index contributed by atoms with van der Waals surface area (Å²) in [5.41, 5.74) is 4.57. The number of anilines is 2. The van der Waals surface area contributed by atoms with Crippen LogP contribution in [0.4, 0.5) is 11.4 Å². The standard InChI is InChI=1S/C28H24N2O3S/c1-34(33)26(27(31)29-24-18-10-8-16-22(24)20-12-4-2-5-13-20)28(32)30-25-19-11-9-17-23(25)21-14-6-3-7-15-21/h2-19,26H,1H3,(H,29,31)(H,30,32)/t34-/m1/s1. The fourth-order valence-corrected chi connectivity index (χ4v) is 4.46. The van der Waals surface area contributed by atoms with Crippen molar-refractivity contribution in [2.45, 2.75) is 5.25 Å². The molecule has 1 atom stereocenters. The van der Waals surface area contributed by atoms with Gasteiger partial charge in [-0.1, -0.05) is 97.1 Å². The normalized spacial score (nSPS) is 11.6. The van der Waals surface area contributed by atoms with Gasteiger partial charge in [0, 0.05) is 39.6 Å². The summed E-state index contributed by atoms with van der Waals surface area (Å²) in [6.45, 7) is 0. The van der Waals surface area contributed by atoms with Crippen molar-refractivity contribution < 1.29 is 13.8 Å². The average molecular weight is 469 g/mol. The van der Waals surface area contributed by atoms with Gasteiger partial charge in [0.25, 0.3) is 0 Å². The Morgan fingerprint density at radius 1 is 0.588 bits per heavy atom. The quantitative estimate of drug-likeness (QED) is 0.359. The Morgan fingerprint density at radius 3 is 1.32 bits per heavy atom. The fourth-order valence-electron chi connectivity index (χ4n) is 3.74. The minimum Gasteiger partial charge on any atom is -0.324 e. The molecule has 2 N–H and O–H groups in total. The minimum absolute atomic E-state index is 0.548. The number of rotatable bonds is 7. The highest BCUT2D eigenvalue weighted by Crippen LogP contribution is 2.29. The minimum atomic E-state index is -1.74. The first-order valence-electron chi connectivity index (χ1n) is 10.8. The molecule has 0 bridgehead atoms. The molecule has 0 aliphatic carbocycles. The van der Waals surface area contributed by atoms with E-state index in [4.69, 9.17) is 0 Å². The first kappa shape index (κ1) is 23.1. The van der Waals surface area contributed by atoms with Crippen molar-refractivity contribution >= 4 is 34.0 Å². The second-order valence-electron chi connectivity index (χ2n) is 7.68. The molecule has 0 aliphatic rings. The molecule has 4 rings (SSSR count). The van der Waals surface area contributed by atoms with Crippen LogP contribution in [0.25, 0.3) is 22.3 Å². The van der Waals surface area contributed by atoms with Crippen molar-refractivity contribution in [1.29, 1.82) is 0 Å². The SMILES string of the molecule is C[S@@](=O)C(C(=O)Nc1ccccc1-c1ccccc1)C(=O)Nc1ccccc1-c1ccccc1. The maximum Gasteiger partial charge on any atom is 0.249 e. The molecule has 0 radical (unpaired) electrons. The molecule has 0 unspecified atom stereocenters. The van der Waals surface area contributed by atoms with Crippen LogP contribution in [-0.4, -0.2) is 27.5 Å². The number of hydrogen-bond acceptors (Lipinski definition) is 3. The molecular weight excluding hydrogens is 444 g/mol. The van der Waals surface area contributed by atoms with E-state index < -0.39 is 27.9 Å². The molecule has 0 spiro atoms. The molecule has 6 heteroatoms. The number of carbonyl (C=O) groups is 2. The molecule has 2 amide bonds. The van der Waals surface area contributed by atoms with E-state index in [-0.39, 0.29) is 0 Å². The van der Waals surface area contributed by atoms with Gasteiger partial charge in [0.05, 0.1) is 0 Å². The van der Waals surface area contributed by atoms with Gasteiger partial charge in [0.15, 0.2) is 5.25 Å². The Balaban J connectivity index is 1.58. The topological polar surface area (TPSA) is 75.3 Å². The molecule has 0 aromatic heterocycles. The van der Waals surface area contributed by atoms with Crippen LogP contribution in [-0.2, 0) is 20.4 Å². The van der Waals surface area contributed by atoms with Gasteiger partial charge in [-0.3, -0.25) is 13.8 Å². The first-order valence-corrected chi connectivity index (χ1v) is 12.4. The predicted octanol–water partition coefficient (Wildman–Crippen LogP) is 5.34. The third-order valence-electron chi connectivity index (χ3n) is 5.35. The zero-order chi connectivity index (χ0) is 23.9. The Bertz CT molecular complexity index is 1230. The molecule has 0 saturated carbocycles. The van der Waals surface area contributed by atoms with Crippen molar-refractivity contribution in [3.05, 3.63) is 109 Å². The molecule has 34 heavy (non-hydrogen) atoms. The summed E-state index contributed by atoms with van der Waals surface area (Å²) in [5, 5.41) is 4.24. The van der Waals surface area contributed by atoms with Gasteiger partial charge in [-0.15, -0.1) is 0 Å². The van der Waals surface area contributed by atoms with E-state index in [9.17, 15) is 13.8 Å². The third kappa shape index (κ3) is 5.30. The highest BCUT2D eigenvalue weighted by Gasteiger charge is 2.31. The lowest BCUT2D eigenvalue weighted by Gasteiger charge is -2.18. The Morgan fingerprint density at radius 2 is 0.941 bits per heavy atom. The van der Waals surface area contributed by atoms with Crippen LogP contribution in [0.3, 0.4) is 0 Å². The Kier molecular flexibility index (Phi) is 7.30. The van der Waals surface area contributed by atoms with Gasteiger partial charge in [0.1, 0.15) is 0 Å². The summed E-state index contributed by atoms with van der Waals surface area (Å²) >= 11 is 0. The van der Waals surface area contributed by atoms with E-state index in [0.29, 0.717) is 11.4 Å². The van der Waals surface area contributed by atoms with Gasteiger partial charge in [-0.05, 0) is 23.3 Å². The Hall–Kier alpha value is -4.03. The van der Waals surface area contributed by atoms with Crippen molar-refractivity contribution in [2.24, 2.45) is 0 Å². The summed E-state index contributed by atoms with van der Waals surface area (Å²) in [5.74, 6) is -1.25. The molecule has 0 saturated heterocycles. The lowest BCUT2D eigenvalue weighted by molar-refractivity contribution is -0.123.